The molecule has 8 nitrogen and oxygen atoms in total. The van der Waals surface area contributed by atoms with Gasteiger partial charge in [0.05, 0.1) is 4.92 Å². The molecule has 1 aromatic heterocycles. The van der Waals surface area contributed by atoms with Crippen LogP contribution in [-0.4, -0.2) is 43.8 Å². The van der Waals surface area contributed by atoms with Gasteiger partial charge in [0, 0.05) is 42.4 Å². The first-order chi connectivity index (χ1) is 12.8. The normalized spacial score (nSPS) is 11.6. The molecular weight excluding hydrogens is 390 g/mol. The van der Waals surface area contributed by atoms with E-state index in [9.17, 15) is 15.2 Å². The minimum Gasteiger partial charge on any atom is -0.502 e. The van der Waals surface area contributed by atoms with Gasteiger partial charge in [0.15, 0.2) is 5.16 Å². The molecule has 0 saturated heterocycles. The van der Waals surface area contributed by atoms with Gasteiger partial charge < -0.3 is 9.67 Å². The summed E-state index contributed by atoms with van der Waals surface area (Å²) in [5, 5.41) is 30.4. The highest BCUT2D eigenvalue weighted by molar-refractivity contribution is 7.98. The molecule has 0 atom stereocenters. The van der Waals surface area contributed by atoms with Crippen LogP contribution in [0.15, 0.2) is 22.3 Å². The highest BCUT2D eigenvalue weighted by atomic mass is 35.5. The van der Waals surface area contributed by atoms with E-state index in [-0.39, 0.29) is 10.6 Å². The van der Waals surface area contributed by atoms with Crippen LogP contribution in [-0.2, 0) is 13.0 Å². The number of thioether (sulfide) groups is 1. The molecular formula is C17H22ClN5O3S. The molecule has 1 aromatic carbocycles. The summed E-state index contributed by atoms with van der Waals surface area (Å²) in [6.45, 7) is 5.65. The zero-order valence-corrected chi connectivity index (χ0v) is 17.0. The molecule has 0 amide bonds. The number of phenolic OH excluding ortho intramolecular Hbond substituents is 1. The number of rotatable bonds is 9. The summed E-state index contributed by atoms with van der Waals surface area (Å²) < 4.78 is 2.13. The number of aryl methyl sites for hydroxylation is 1. The number of phenols is 1. The molecule has 0 saturated carbocycles. The Hall–Kier alpha value is -2.13. The Morgan fingerprint density at radius 3 is 2.81 bits per heavy atom. The van der Waals surface area contributed by atoms with E-state index in [1.165, 1.54) is 12.3 Å². The second-order valence-corrected chi connectivity index (χ2v) is 7.58. The average molecular weight is 412 g/mol. The highest BCUT2D eigenvalue weighted by Gasteiger charge is 2.17. The lowest BCUT2D eigenvalue weighted by Gasteiger charge is -2.11. The van der Waals surface area contributed by atoms with Gasteiger partial charge in [-0.3, -0.25) is 15.1 Å². The smallest absolute Gasteiger partial charge is 0.312 e. The molecule has 1 N–H and O–H groups in total. The summed E-state index contributed by atoms with van der Waals surface area (Å²) in [6, 6.07) is 2.55. The fraction of sp³-hybridized carbons (Fsp3) is 0.471. The van der Waals surface area contributed by atoms with Crippen LogP contribution in [0.25, 0.3) is 0 Å². The molecule has 2 aromatic rings. The van der Waals surface area contributed by atoms with Gasteiger partial charge >= 0.3 is 5.69 Å². The summed E-state index contributed by atoms with van der Waals surface area (Å²) in [5.74, 6) is 0.976. The van der Waals surface area contributed by atoms with E-state index in [4.69, 9.17) is 11.6 Å². The third-order valence-corrected chi connectivity index (χ3v) is 4.61. The van der Waals surface area contributed by atoms with Gasteiger partial charge in [-0.15, -0.1) is 10.2 Å². The van der Waals surface area contributed by atoms with Gasteiger partial charge in [0.2, 0.25) is 5.75 Å². The van der Waals surface area contributed by atoms with Gasteiger partial charge in [0.1, 0.15) is 5.82 Å². The summed E-state index contributed by atoms with van der Waals surface area (Å²) in [5.41, 5.74) is -0.211. The molecule has 0 aliphatic rings. The predicted octanol–water partition coefficient (Wildman–Crippen LogP) is 3.97. The van der Waals surface area contributed by atoms with Crippen molar-refractivity contribution in [1.29, 1.82) is 0 Å². The number of halogens is 1. The molecule has 0 aliphatic heterocycles. The van der Waals surface area contributed by atoms with E-state index in [0.29, 0.717) is 12.5 Å². The first kappa shape index (κ1) is 21.2. The average Bonchev–Trinajstić information content (AvgIpc) is 2.98. The van der Waals surface area contributed by atoms with Crippen molar-refractivity contribution in [1.82, 2.24) is 14.8 Å². The lowest BCUT2D eigenvalue weighted by atomic mass is 10.2. The van der Waals surface area contributed by atoms with Crippen LogP contribution in [0.5, 0.6) is 5.75 Å². The molecule has 146 valence electrons. The molecule has 10 heteroatoms. The van der Waals surface area contributed by atoms with Crippen LogP contribution in [0, 0.1) is 16.0 Å². The molecule has 0 spiro atoms. The van der Waals surface area contributed by atoms with Gasteiger partial charge in [0.25, 0.3) is 0 Å². The van der Waals surface area contributed by atoms with Crippen LogP contribution in [0.2, 0.25) is 5.02 Å². The number of benzene rings is 1. The number of aromatic nitrogens is 3. The maximum absolute atomic E-state index is 10.9. The quantitative estimate of drug-likeness (QED) is 0.220. The molecule has 0 radical (unpaired) electrons. The number of nitro groups is 1. The van der Waals surface area contributed by atoms with E-state index in [1.54, 1.807) is 11.8 Å². The van der Waals surface area contributed by atoms with Crippen LogP contribution >= 0.6 is 23.4 Å². The lowest BCUT2D eigenvalue weighted by molar-refractivity contribution is -0.385. The second kappa shape index (κ2) is 9.70. The molecule has 0 bridgehead atoms. The zero-order chi connectivity index (χ0) is 20.0. The van der Waals surface area contributed by atoms with Crippen molar-refractivity contribution in [2.75, 3.05) is 12.8 Å². The molecule has 27 heavy (non-hydrogen) atoms. The summed E-state index contributed by atoms with van der Waals surface area (Å²) >= 11 is 7.43. The minimum atomic E-state index is -0.677. The fourth-order valence-corrected chi connectivity index (χ4v) is 3.28. The number of aliphatic imine (C=N–C) groups is 1. The Kier molecular flexibility index (Phi) is 7.61. The van der Waals surface area contributed by atoms with Crippen molar-refractivity contribution >= 4 is 35.3 Å². The fourth-order valence-electron chi connectivity index (χ4n) is 2.54. The third-order valence-electron chi connectivity index (χ3n) is 3.72. The van der Waals surface area contributed by atoms with Crippen molar-refractivity contribution in [3.8, 4) is 5.75 Å². The maximum atomic E-state index is 10.9. The molecule has 0 aliphatic carbocycles. The van der Waals surface area contributed by atoms with Crippen molar-refractivity contribution in [2.24, 2.45) is 10.9 Å². The first-order valence-corrected chi connectivity index (χ1v) is 10.1. The summed E-state index contributed by atoms with van der Waals surface area (Å²) in [4.78, 5) is 14.5. The van der Waals surface area contributed by atoms with Crippen molar-refractivity contribution in [3.05, 3.63) is 38.7 Å². The Morgan fingerprint density at radius 1 is 1.44 bits per heavy atom. The second-order valence-electron chi connectivity index (χ2n) is 6.37. The van der Waals surface area contributed by atoms with Gasteiger partial charge in [-0.25, -0.2) is 0 Å². The summed E-state index contributed by atoms with van der Waals surface area (Å²) in [6.07, 6.45) is 4.84. The Balaban J connectivity index is 2.00. The maximum Gasteiger partial charge on any atom is 0.312 e. The van der Waals surface area contributed by atoms with Gasteiger partial charge in [-0.2, -0.15) is 0 Å². The van der Waals surface area contributed by atoms with Crippen molar-refractivity contribution in [3.63, 3.8) is 0 Å². The molecule has 2 rings (SSSR count). The molecule has 0 fully saturated rings. The minimum absolute atomic E-state index is 0.173. The molecule has 1 heterocycles. The standard InChI is InChI=1S/C17H22ClN5O3S/c1-11(2)10-22-15(20-21-17(22)27-3)5-4-6-19-9-12-7-13(18)8-14(16(12)24)23(25)26/h7-9,11,24H,4-6,10H2,1-3H3. The topological polar surface area (TPSA) is 106 Å². The number of nitrogens with zero attached hydrogens (tertiary/aromatic N) is 5. The Bertz CT molecular complexity index is 838. The van der Waals surface area contributed by atoms with Crippen molar-refractivity contribution < 1.29 is 10.0 Å². The van der Waals surface area contributed by atoms with Crippen LogP contribution in [0.4, 0.5) is 5.69 Å². The van der Waals surface area contributed by atoms with E-state index >= 15 is 0 Å². The van der Waals surface area contributed by atoms with E-state index < -0.39 is 16.4 Å². The Labute approximate surface area is 166 Å². The number of hydrogen-bond acceptors (Lipinski definition) is 7. The zero-order valence-electron chi connectivity index (χ0n) is 15.4. The van der Waals surface area contributed by atoms with E-state index in [1.807, 2.05) is 6.26 Å². The number of aromatic hydroxyl groups is 1. The SMILES string of the molecule is CSc1nnc(CCCN=Cc2cc(Cl)cc([N+](=O)[O-])c2O)n1CC(C)C. The first-order valence-electron chi connectivity index (χ1n) is 8.46. The van der Waals surface area contributed by atoms with Crippen LogP contribution in [0.1, 0.15) is 31.7 Å². The van der Waals surface area contributed by atoms with Crippen LogP contribution < -0.4 is 0 Å². The van der Waals surface area contributed by atoms with Crippen LogP contribution in [0.3, 0.4) is 0 Å². The monoisotopic (exact) mass is 411 g/mol. The molecule has 0 unspecified atom stereocenters. The van der Waals surface area contributed by atoms with E-state index in [0.717, 1.165) is 36.4 Å². The van der Waals surface area contributed by atoms with E-state index in [2.05, 4.69) is 33.6 Å². The Morgan fingerprint density at radius 2 is 2.19 bits per heavy atom. The highest BCUT2D eigenvalue weighted by Crippen LogP contribution is 2.32. The van der Waals surface area contributed by atoms with Gasteiger partial charge in [-0.05, 0) is 24.7 Å². The predicted molar refractivity (Wildman–Crippen MR) is 107 cm³/mol. The largest absolute Gasteiger partial charge is 0.502 e. The summed E-state index contributed by atoms with van der Waals surface area (Å²) in [7, 11) is 0. The third kappa shape index (κ3) is 5.67. The number of nitro benzene ring substituents is 1. The van der Waals surface area contributed by atoms with Gasteiger partial charge in [-0.1, -0.05) is 37.2 Å². The van der Waals surface area contributed by atoms with Crippen molar-refractivity contribution in [2.45, 2.75) is 38.4 Å². The lowest BCUT2D eigenvalue weighted by Crippen LogP contribution is -2.10. The number of hydrogen-bond donors (Lipinski definition) is 1.